The normalized spacial score (nSPS) is 9.92. The number of rotatable bonds is 6. The van der Waals surface area contributed by atoms with E-state index in [-0.39, 0.29) is 6.54 Å². The van der Waals surface area contributed by atoms with Gasteiger partial charge in [0.05, 0.1) is 28.9 Å². The molecule has 0 aliphatic rings. The predicted molar refractivity (Wildman–Crippen MR) is 77.9 cm³/mol. The van der Waals surface area contributed by atoms with Crippen LogP contribution in [0.1, 0.15) is 48.4 Å². The number of amides is 3. The van der Waals surface area contributed by atoms with Crippen molar-refractivity contribution < 1.29 is 39.3 Å². The molecule has 0 fully saturated rings. The molecule has 10 heteroatoms. The van der Waals surface area contributed by atoms with Gasteiger partial charge in [-0.2, -0.15) is 0 Å². The molecular weight excluding hydrogens is 324 g/mol. The number of carbonyl (C=O) groups is 5. The average molecular weight is 338 g/mol. The first-order valence-corrected chi connectivity index (χ1v) is 6.54. The summed E-state index contributed by atoms with van der Waals surface area (Å²) in [5.41, 5.74) is -2.33. The van der Waals surface area contributed by atoms with Crippen LogP contribution < -0.4 is 10.6 Å². The molecular formula is C14H14N2O8. The van der Waals surface area contributed by atoms with Crippen molar-refractivity contribution >= 4 is 29.7 Å². The second-order valence-corrected chi connectivity index (χ2v) is 4.54. The van der Waals surface area contributed by atoms with Crippen molar-refractivity contribution in [1.82, 2.24) is 10.6 Å². The first kappa shape index (κ1) is 18.8. The second kappa shape index (κ2) is 7.83. The number of carbonyl (C=O) groups excluding carboxylic acids is 3. The molecule has 0 bridgehead atoms. The summed E-state index contributed by atoms with van der Waals surface area (Å²) in [5, 5.41) is 31.0. The van der Waals surface area contributed by atoms with Gasteiger partial charge in [-0.15, -0.1) is 0 Å². The summed E-state index contributed by atoms with van der Waals surface area (Å²) in [4.78, 5) is 57.4. The van der Waals surface area contributed by atoms with Gasteiger partial charge in [-0.05, 0) is 12.1 Å². The van der Waals surface area contributed by atoms with Gasteiger partial charge in [-0.1, -0.05) is 0 Å². The molecule has 5 N–H and O–H groups in total. The Balaban J connectivity index is 3.54. The molecule has 128 valence electrons. The maximum atomic E-state index is 12.0. The van der Waals surface area contributed by atoms with Gasteiger partial charge in [0.15, 0.2) is 0 Å². The quantitative estimate of drug-likeness (QED) is 0.443. The summed E-state index contributed by atoms with van der Waals surface area (Å²) < 4.78 is 0. The lowest BCUT2D eigenvalue weighted by molar-refractivity contribution is -0.118. The summed E-state index contributed by atoms with van der Waals surface area (Å²) >= 11 is 0. The average Bonchev–Trinajstić information content (AvgIpc) is 2.50. The number of aromatic carboxylic acids is 2. The van der Waals surface area contributed by atoms with E-state index in [0.29, 0.717) is 6.07 Å². The number of benzene rings is 1. The number of aliphatic hydroxyl groups excluding tert-OH is 1. The summed E-state index contributed by atoms with van der Waals surface area (Å²) in [5.74, 6) is -5.95. The van der Waals surface area contributed by atoms with Gasteiger partial charge in [-0.3, -0.25) is 19.7 Å². The summed E-state index contributed by atoms with van der Waals surface area (Å²) in [6.45, 7) is 0.450. The topological polar surface area (TPSA) is 170 Å². The van der Waals surface area contributed by atoms with Crippen LogP contribution in [0.2, 0.25) is 0 Å². The lowest BCUT2D eigenvalue weighted by Crippen LogP contribution is -2.32. The Labute approximate surface area is 135 Å². The van der Waals surface area contributed by atoms with Crippen LogP contribution in [0.4, 0.5) is 0 Å². The Morgan fingerprint density at radius 1 is 0.875 bits per heavy atom. The predicted octanol–water partition coefficient (Wildman–Crippen LogP) is -0.919. The Morgan fingerprint density at radius 3 is 1.75 bits per heavy atom. The van der Waals surface area contributed by atoms with E-state index in [1.165, 1.54) is 0 Å². The number of aliphatic hydroxyl groups is 1. The fraction of sp³-hybridized carbons (Fsp3) is 0.214. The van der Waals surface area contributed by atoms with E-state index in [0.717, 1.165) is 13.0 Å². The molecule has 1 aromatic carbocycles. The molecule has 1 aromatic rings. The number of hydrogen-bond donors (Lipinski definition) is 5. The number of imide groups is 1. The Morgan fingerprint density at radius 2 is 1.33 bits per heavy atom. The Hall–Kier alpha value is -3.27. The highest BCUT2D eigenvalue weighted by Crippen LogP contribution is 2.18. The maximum absolute atomic E-state index is 12.0. The van der Waals surface area contributed by atoms with Crippen LogP contribution in [-0.4, -0.2) is 58.1 Å². The second-order valence-electron chi connectivity index (χ2n) is 4.54. The van der Waals surface area contributed by atoms with Gasteiger partial charge in [0.2, 0.25) is 5.91 Å². The van der Waals surface area contributed by atoms with Gasteiger partial charge in [0.1, 0.15) is 0 Å². The van der Waals surface area contributed by atoms with Gasteiger partial charge < -0.3 is 20.6 Å². The van der Waals surface area contributed by atoms with Crippen LogP contribution in [0, 0.1) is 0 Å². The molecule has 0 unspecified atom stereocenters. The van der Waals surface area contributed by atoms with Crippen molar-refractivity contribution in [2.45, 2.75) is 6.92 Å². The van der Waals surface area contributed by atoms with E-state index >= 15 is 0 Å². The van der Waals surface area contributed by atoms with Crippen LogP contribution in [0.5, 0.6) is 0 Å². The molecule has 0 atom stereocenters. The van der Waals surface area contributed by atoms with Crippen molar-refractivity contribution in [2.75, 3.05) is 13.2 Å². The minimum atomic E-state index is -1.60. The first-order chi connectivity index (χ1) is 11.2. The van der Waals surface area contributed by atoms with Crippen LogP contribution in [0.15, 0.2) is 12.1 Å². The Kier molecular flexibility index (Phi) is 6.13. The van der Waals surface area contributed by atoms with E-state index < -0.39 is 58.5 Å². The monoisotopic (exact) mass is 338 g/mol. The van der Waals surface area contributed by atoms with Crippen LogP contribution in [-0.2, 0) is 4.79 Å². The van der Waals surface area contributed by atoms with Gasteiger partial charge >= 0.3 is 11.9 Å². The first-order valence-electron chi connectivity index (χ1n) is 6.54. The maximum Gasteiger partial charge on any atom is 0.336 e. The van der Waals surface area contributed by atoms with Gasteiger partial charge in [0.25, 0.3) is 11.8 Å². The zero-order valence-electron chi connectivity index (χ0n) is 12.5. The Bertz CT molecular complexity index is 726. The standard InChI is InChI=1S/C14H14N2O8/c1-6(18)16-12(20)8-4-7(11(19)15-2-3-17)9(13(21)22)5-10(8)14(23)24/h4-5,17H,2-3H2,1H3,(H,15,19)(H,21,22)(H,23,24)(H,16,18,20). The molecule has 1 rings (SSSR count). The van der Waals surface area contributed by atoms with Gasteiger partial charge in [-0.25, -0.2) is 9.59 Å². The highest BCUT2D eigenvalue weighted by molar-refractivity contribution is 6.14. The van der Waals surface area contributed by atoms with Crippen molar-refractivity contribution in [3.63, 3.8) is 0 Å². The third-order valence-corrected chi connectivity index (χ3v) is 2.79. The molecule has 0 aliphatic heterocycles. The number of carboxylic acids is 2. The van der Waals surface area contributed by atoms with Crippen LogP contribution >= 0.6 is 0 Å². The highest BCUT2D eigenvalue weighted by Gasteiger charge is 2.25. The largest absolute Gasteiger partial charge is 0.478 e. The molecule has 24 heavy (non-hydrogen) atoms. The lowest BCUT2D eigenvalue weighted by atomic mass is 9.97. The fourth-order valence-corrected chi connectivity index (χ4v) is 1.82. The molecule has 0 spiro atoms. The minimum Gasteiger partial charge on any atom is -0.478 e. The number of hydrogen-bond acceptors (Lipinski definition) is 6. The molecule has 0 saturated carbocycles. The third kappa shape index (κ3) is 4.36. The highest BCUT2D eigenvalue weighted by atomic mass is 16.4. The molecule has 0 radical (unpaired) electrons. The van der Waals surface area contributed by atoms with E-state index in [9.17, 15) is 24.0 Å². The summed E-state index contributed by atoms with van der Waals surface area (Å²) in [7, 11) is 0. The van der Waals surface area contributed by atoms with E-state index in [1.807, 2.05) is 5.32 Å². The minimum absolute atomic E-state index is 0.173. The number of carboxylic acid groups (broad SMARTS) is 2. The molecule has 0 aromatic heterocycles. The van der Waals surface area contributed by atoms with Gasteiger partial charge in [0, 0.05) is 13.5 Å². The molecule has 0 heterocycles. The molecule has 0 saturated heterocycles. The van der Waals surface area contributed by atoms with Crippen molar-refractivity contribution in [1.29, 1.82) is 0 Å². The van der Waals surface area contributed by atoms with Crippen molar-refractivity contribution in [3.05, 3.63) is 34.4 Å². The number of nitrogens with one attached hydrogen (secondary N) is 2. The zero-order chi connectivity index (χ0) is 18.4. The molecule has 10 nitrogen and oxygen atoms in total. The van der Waals surface area contributed by atoms with Crippen molar-refractivity contribution in [3.8, 4) is 0 Å². The SMILES string of the molecule is CC(=O)NC(=O)c1cc(C(=O)NCCO)c(C(=O)O)cc1C(=O)O. The van der Waals surface area contributed by atoms with E-state index in [2.05, 4.69) is 5.32 Å². The molecule has 3 amide bonds. The lowest BCUT2D eigenvalue weighted by Gasteiger charge is -2.12. The van der Waals surface area contributed by atoms with Crippen molar-refractivity contribution in [2.24, 2.45) is 0 Å². The summed E-state index contributed by atoms with van der Waals surface area (Å²) in [6.07, 6.45) is 0. The summed E-state index contributed by atoms with van der Waals surface area (Å²) in [6, 6.07) is 1.44. The molecule has 0 aliphatic carbocycles. The third-order valence-electron chi connectivity index (χ3n) is 2.79. The fourth-order valence-electron chi connectivity index (χ4n) is 1.82. The van der Waals surface area contributed by atoms with E-state index in [1.54, 1.807) is 0 Å². The van der Waals surface area contributed by atoms with E-state index in [4.69, 9.17) is 15.3 Å². The zero-order valence-corrected chi connectivity index (χ0v) is 12.5. The van der Waals surface area contributed by atoms with Crippen LogP contribution in [0.25, 0.3) is 0 Å². The van der Waals surface area contributed by atoms with Crippen LogP contribution in [0.3, 0.4) is 0 Å². The smallest absolute Gasteiger partial charge is 0.336 e.